The number of aliphatic hydroxyl groups is 1. The van der Waals surface area contributed by atoms with Gasteiger partial charge in [-0.2, -0.15) is 0 Å². The summed E-state index contributed by atoms with van der Waals surface area (Å²) in [6.45, 7) is 4.55. The van der Waals surface area contributed by atoms with Gasteiger partial charge in [-0.1, -0.05) is 17.7 Å². The van der Waals surface area contributed by atoms with Crippen LogP contribution < -0.4 is 34.5 Å². The Morgan fingerprint density at radius 3 is 2.35 bits per heavy atom. The van der Waals surface area contributed by atoms with E-state index in [-0.39, 0.29) is 31.4 Å². The second-order valence-electron chi connectivity index (χ2n) is 5.89. The lowest BCUT2D eigenvalue weighted by atomic mass is 10.2. The molecule has 3 rings (SSSR count). The first-order valence-electron chi connectivity index (χ1n) is 8.15. The number of β-amino-alcohol motifs (C(OH)–C–C–N with tert-alkyl or cyclic N) is 1. The number of nitrogens with zero attached hydrogens (tertiary/aromatic N) is 3. The van der Waals surface area contributed by atoms with Gasteiger partial charge in [0.2, 0.25) is 0 Å². The molecule has 1 aliphatic heterocycles. The van der Waals surface area contributed by atoms with Gasteiger partial charge in [-0.3, -0.25) is 4.90 Å². The minimum absolute atomic E-state index is 0. The van der Waals surface area contributed by atoms with Gasteiger partial charge in [0.25, 0.3) is 0 Å². The lowest BCUT2D eigenvalue weighted by Gasteiger charge is -2.36. The van der Waals surface area contributed by atoms with Gasteiger partial charge in [0.15, 0.2) is 0 Å². The number of aromatic nitrogens is 1. The molecule has 1 aromatic heterocycles. The molecular weight excluding hydrogens is 397 g/mol. The number of aliphatic hydroxyl groups excluding tert-OH is 1. The van der Waals surface area contributed by atoms with Crippen LogP contribution in [0, 0.1) is 0 Å². The van der Waals surface area contributed by atoms with E-state index in [1.807, 2.05) is 24.4 Å². The highest BCUT2D eigenvalue weighted by molar-refractivity contribution is 6.30. The summed E-state index contributed by atoms with van der Waals surface area (Å²) in [7, 11) is 0. The van der Waals surface area contributed by atoms with Gasteiger partial charge >= 0.3 is 0 Å². The number of hydrogen-bond acceptors (Lipinski definition) is 5. The van der Waals surface area contributed by atoms with Gasteiger partial charge in [0.05, 0.1) is 0 Å². The molecule has 1 aliphatic rings. The lowest BCUT2D eigenvalue weighted by molar-refractivity contribution is -0.001000. The van der Waals surface area contributed by atoms with E-state index >= 15 is 0 Å². The first-order chi connectivity index (χ1) is 11.7. The minimum atomic E-state index is -0.512. The van der Waals surface area contributed by atoms with E-state index in [9.17, 15) is 5.11 Å². The summed E-state index contributed by atoms with van der Waals surface area (Å²) >= 11 is 5.84. The molecule has 144 valence electrons. The number of rotatable bonds is 6. The van der Waals surface area contributed by atoms with E-state index in [0.717, 1.165) is 37.7 Å². The molecule has 0 spiro atoms. The van der Waals surface area contributed by atoms with Crippen molar-refractivity contribution in [3.8, 4) is 5.75 Å². The largest absolute Gasteiger partial charge is 1.00 e. The third kappa shape index (κ3) is 6.82. The first kappa shape index (κ1) is 22.8. The number of hydrogen-bond donors (Lipinski definition) is 1. The van der Waals surface area contributed by atoms with Crippen LogP contribution >= 0.6 is 11.6 Å². The third-order valence-electron chi connectivity index (χ3n) is 4.07. The Labute approximate surface area is 171 Å². The van der Waals surface area contributed by atoms with E-state index in [1.54, 1.807) is 24.3 Å². The number of halogens is 3. The second kappa shape index (κ2) is 11.5. The minimum Gasteiger partial charge on any atom is -1.00 e. The van der Waals surface area contributed by atoms with Crippen LogP contribution in [0.4, 0.5) is 5.82 Å². The highest BCUT2D eigenvalue weighted by atomic mass is 35.5. The zero-order valence-corrected chi connectivity index (χ0v) is 16.5. The molecule has 2 aromatic rings. The molecule has 26 heavy (non-hydrogen) atoms. The average molecular weight is 419 g/mol. The predicted octanol–water partition coefficient (Wildman–Crippen LogP) is -3.70. The van der Waals surface area contributed by atoms with Gasteiger partial charge in [-0.05, 0) is 36.4 Å². The summed E-state index contributed by atoms with van der Waals surface area (Å²) in [6.07, 6.45) is 1.31. The van der Waals surface area contributed by atoms with Crippen molar-refractivity contribution in [2.45, 2.75) is 6.10 Å². The average Bonchev–Trinajstić information content (AvgIpc) is 2.63. The van der Waals surface area contributed by atoms with E-state index in [0.29, 0.717) is 11.6 Å². The van der Waals surface area contributed by atoms with Gasteiger partial charge in [-0.15, -0.1) is 0 Å². The summed E-state index contributed by atoms with van der Waals surface area (Å²) in [5, 5.41) is 10.9. The Morgan fingerprint density at radius 1 is 1.04 bits per heavy atom. The molecule has 1 unspecified atom stereocenters. The molecule has 1 N–H and O–H groups in total. The number of benzene rings is 1. The maximum Gasteiger partial charge on any atom is 0.128 e. The fourth-order valence-electron chi connectivity index (χ4n) is 2.77. The molecule has 2 heterocycles. The topological polar surface area (TPSA) is 48.8 Å². The van der Waals surface area contributed by atoms with E-state index in [2.05, 4.69) is 14.8 Å². The monoisotopic (exact) mass is 417 g/mol. The standard InChI is InChI=1S/C18H22ClN3O2.2ClH/c19-15-4-6-17(7-5-15)24-14-16(23)13-21-9-11-22(12-10-21)18-3-1-2-8-20-18;;/h1-8,16,23H,9-14H2;2*1H/p-2. The normalized spacial score (nSPS) is 15.5. The molecule has 0 radical (unpaired) electrons. The zero-order chi connectivity index (χ0) is 16.8. The van der Waals surface area contributed by atoms with Crippen molar-refractivity contribution >= 4 is 17.4 Å². The summed E-state index contributed by atoms with van der Waals surface area (Å²) in [5.41, 5.74) is 0. The Hall–Kier alpha value is -1.24. The molecule has 1 aromatic carbocycles. The number of pyridine rings is 1. The molecule has 5 nitrogen and oxygen atoms in total. The summed E-state index contributed by atoms with van der Waals surface area (Å²) in [4.78, 5) is 8.92. The Kier molecular flexibility index (Phi) is 10.1. The second-order valence-corrected chi connectivity index (χ2v) is 6.33. The van der Waals surface area contributed by atoms with Crippen molar-refractivity contribution in [3.63, 3.8) is 0 Å². The van der Waals surface area contributed by atoms with Crippen LogP contribution in [0.3, 0.4) is 0 Å². The summed E-state index contributed by atoms with van der Waals surface area (Å²) < 4.78 is 5.60. The number of ether oxygens (including phenoxy) is 1. The molecule has 1 saturated heterocycles. The van der Waals surface area contributed by atoms with Gasteiger partial charge in [0.1, 0.15) is 24.3 Å². The zero-order valence-electron chi connectivity index (χ0n) is 14.3. The van der Waals surface area contributed by atoms with Crippen LogP contribution in [0.25, 0.3) is 0 Å². The van der Waals surface area contributed by atoms with Crippen molar-refractivity contribution < 1.29 is 34.7 Å². The van der Waals surface area contributed by atoms with Gasteiger partial charge in [0, 0.05) is 43.9 Å². The smallest absolute Gasteiger partial charge is 0.128 e. The van der Waals surface area contributed by atoms with Crippen LogP contribution in [0.2, 0.25) is 5.02 Å². The van der Waals surface area contributed by atoms with E-state index < -0.39 is 6.10 Å². The summed E-state index contributed by atoms with van der Waals surface area (Å²) in [5.74, 6) is 1.74. The van der Waals surface area contributed by atoms with Gasteiger partial charge in [-0.25, -0.2) is 4.98 Å². The highest BCUT2D eigenvalue weighted by Crippen LogP contribution is 2.16. The lowest BCUT2D eigenvalue weighted by Crippen LogP contribution is -3.00. The van der Waals surface area contributed by atoms with Crippen LogP contribution in [0.5, 0.6) is 5.75 Å². The summed E-state index contributed by atoms with van der Waals surface area (Å²) in [6, 6.07) is 13.1. The molecule has 1 atom stereocenters. The van der Waals surface area contributed by atoms with Gasteiger partial charge < -0.3 is 39.6 Å². The molecular formula is C18H22Cl3N3O2-2. The van der Waals surface area contributed by atoms with Crippen molar-refractivity contribution in [3.05, 3.63) is 53.7 Å². The quantitative estimate of drug-likeness (QED) is 0.523. The van der Waals surface area contributed by atoms with Crippen molar-refractivity contribution in [1.29, 1.82) is 0 Å². The Morgan fingerprint density at radius 2 is 1.73 bits per heavy atom. The van der Waals surface area contributed by atoms with Crippen molar-refractivity contribution in [1.82, 2.24) is 9.88 Å². The SMILES string of the molecule is OC(COc1ccc(Cl)cc1)CN1CCN(c2ccccn2)CC1.[Cl-].[Cl-]. The third-order valence-corrected chi connectivity index (χ3v) is 4.32. The highest BCUT2D eigenvalue weighted by Gasteiger charge is 2.20. The van der Waals surface area contributed by atoms with Crippen LogP contribution in [-0.2, 0) is 0 Å². The molecule has 0 amide bonds. The first-order valence-corrected chi connectivity index (χ1v) is 8.53. The Balaban J connectivity index is 0.00000169. The Bertz CT molecular complexity index is 623. The molecule has 1 fully saturated rings. The maximum absolute atomic E-state index is 10.2. The van der Waals surface area contributed by atoms with Crippen molar-refractivity contribution in [2.24, 2.45) is 0 Å². The molecule has 0 saturated carbocycles. The van der Waals surface area contributed by atoms with E-state index in [1.165, 1.54) is 0 Å². The van der Waals surface area contributed by atoms with E-state index in [4.69, 9.17) is 16.3 Å². The number of anilines is 1. The fourth-order valence-corrected chi connectivity index (χ4v) is 2.90. The fraction of sp³-hybridized carbons (Fsp3) is 0.389. The number of piperazine rings is 1. The predicted molar refractivity (Wildman–Crippen MR) is 95.8 cm³/mol. The van der Waals surface area contributed by atoms with Crippen LogP contribution in [-0.4, -0.2) is 60.4 Å². The van der Waals surface area contributed by atoms with Crippen LogP contribution in [0.1, 0.15) is 0 Å². The molecule has 8 heteroatoms. The van der Waals surface area contributed by atoms with Crippen LogP contribution in [0.15, 0.2) is 48.7 Å². The molecule has 0 bridgehead atoms. The van der Waals surface area contributed by atoms with Crippen molar-refractivity contribution in [2.75, 3.05) is 44.2 Å². The maximum atomic E-state index is 10.2. The molecule has 0 aliphatic carbocycles.